The molecule has 1 fully saturated rings. The van der Waals surface area contributed by atoms with Crippen LogP contribution >= 0.6 is 0 Å². The first-order valence-electron chi connectivity index (χ1n) is 6.83. The molecule has 0 aromatic heterocycles. The number of halogens is 3. The van der Waals surface area contributed by atoms with Gasteiger partial charge in [0.15, 0.2) is 0 Å². The molecule has 18 heavy (non-hydrogen) atoms. The summed E-state index contributed by atoms with van der Waals surface area (Å²) in [6, 6.07) is 0. The van der Waals surface area contributed by atoms with Crippen LogP contribution in [0, 0.1) is 17.8 Å². The Labute approximate surface area is 108 Å². The fraction of sp³-hybridized carbons (Fsp3) is 1.00. The molecule has 0 aromatic rings. The van der Waals surface area contributed by atoms with Gasteiger partial charge in [-0.15, -0.1) is 0 Å². The Hall–Kier alpha value is -0.290. The van der Waals surface area contributed by atoms with E-state index in [9.17, 15) is 13.2 Å². The first-order chi connectivity index (χ1) is 8.34. The largest absolute Gasteiger partial charge is 0.394 e. The molecule has 0 radical (unpaired) electrons. The Morgan fingerprint density at radius 2 is 1.89 bits per heavy atom. The summed E-state index contributed by atoms with van der Waals surface area (Å²) in [6.45, 7) is 5.68. The number of hydrogen-bond donors (Lipinski definition) is 1. The van der Waals surface area contributed by atoms with Gasteiger partial charge in [0.1, 0.15) is 0 Å². The maximum absolute atomic E-state index is 12.7. The van der Waals surface area contributed by atoms with Gasteiger partial charge in [-0.25, -0.2) is 0 Å². The Bertz CT molecular complexity index is 241. The molecule has 2 atom stereocenters. The molecule has 1 rings (SSSR count). The fourth-order valence-corrected chi connectivity index (χ4v) is 2.65. The van der Waals surface area contributed by atoms with Gasteiger partial charge in [-0.3, -0.25) is 0 Å². The molecule has 2 nitrogen and oxygen atoms in total. The Kier molecular flexibility index (Phi) is 5.92. The van der Waals surface area contributed by atoms with Crippen molar-refractivity contribution in [1.29, 1.82) is 0 Å². The maximum Gasteiger partial charge on any atom is 0.394 e. The van der Waals surface area contributed by atoms with Crippen LogP contribution in [0.1, 0.15) is 33.1 Å². The van der Waals surface area contributed by atoms with E-state index in [1.807, 2.05) is 4.90 Å². The van der Waals surface area contributed by atoms with Crippen LogP contribution in [-0.4, -0.2) is 37.3 Å². The lowest BCUT2D eigenvalue weighted by Crippen LogP contribution is -2.41. The van der Waals surface area contributed by atoms with Gasteiger partial charge in [0.2, 0.25) is 0 Å². The van der Waals surface area contributed by atoms with Crippen molar-refractivity contribution in [3.63, 3.8) is 0 Å². The molecule has 0 aliphatic carbocycles. The van der Waals surface area contributed by atoms with Gasteiger partial charge in [-0.05, 0) is 44.2 Å². The third kappa shape index (κ3) is 4.76. The van der Waals surface area contributed by atoms with Crippen molar-refractivity contribution in [3.8, 4) is 0 Å². The highest BCUT2D eigenvalue weighted by atomic mass is 19.4. The quantitative estimate of drug-likeness (QED) is 0.847. The zero-order chi connectivity index (χ0) is 13.8. The van der Waals surface area contributed by atoms with E-state index in [0.717, 1.165) is 32.4 Å². The minimum Gasteiger partial charge on any atom is -0.330 e. The lowest BCUT2D eigenvalue weighted by atomic mass is 9.89. The SMILES string of the molecule is CC(C)C1CCCN(CC(CN)C(F)(F)F)CC1. The summed E-state index contributed by atoms with van der Waals surface area (Å²) in [5.41, 5.74) is 5.24. The minimum absolute atomic E-state index is 0.0603. The molecule has 108 valence electrons. The summed E-state index contributed by atoms with van der Waals surface area (Å²) in [4.78, 5) is 1.94. The molecule has 0 amide bonds. The van der Waals surface area contributed by atoms with Crippen LogP contribution in [0.2, 0.25) is 0 Å². The molecule has 2 unspecified atom stereocenters. The van der Waals surface area contributed by atoms with Gasteiger partial charge < -0.3 is 10.6 Å². The van der Waals surface area contributed by atoms with E-state index < -0.39 is 12.1 Å². The smallest absolute Gasteiger partial charge is 0.330 e. The summed E-state index contributed by atoms with van der Waals surface area (Å²) < 4.78 is 38.0. The molecule has 1 heterocycles. The Morgan fingerprint density at radius 1 is 1.22 bits per heavy atom. The van der Waals surface area contributed by atoms with Gasteiger partial charge in [-0.2, -0.15) is 13.2 Å². The predicted octanol–water partition coefficient (Wildman–Crippen LogP) is 2.88. The van der Waals surface area contributed by atoms with Crippen LogP contribution in [0.5, 0.6) is 0 Å². The van der Waals surface area contributed by atoms with Crippen LogP contribution in [0.15, 0.2) is 0 Å². The molecule has 1 saturated heterocycles. The van der Waals surface area contributed by atoms with Gasteiger partial charge in [0, 0.05) is 13.1 Å². The molecule has 0 saturated carbocycles. The topological polar surface area (TPSA) is 29.3 Å². The summed E-state index contributed by atoms with van der Waals surface area (Å²) >= 11 is 0. The fourth-order valence-electron chi connectivity index (χ4n) is 2.65. The maximum atomic E-state index is 12.7. The monoisotopic (exact) mass is 266 g/mol. The highest BCUT2D eigenvalue weighted by molar-refractivity contribution is 4.77. The van der Waals surface area contributed by atoms with Crippen LogP contribution in [-0.2, 0) is 0 Å². The number of likely N-dealkylation sites (tertiary alicyclic amines) is 1. The molecule has 2 N–H and O–H groups in total. The molecular formula is C13H25F3N2. The highest BCUT2D eigenvalue weighted by Gasteiger charge is 2.39. The second-order valence-corrected chi connectivity index (χ2v) is 5.71. The average molecular weight is 266 g/mol. The summed E-state index contributed by atoms with van der Waals surface area (Å²) in [5, 5.41) is 0. The molecule has 1 aliphatic heterocycles. The van der Waals surface area contributed by atoms with Crippen LogP contribution in [0.3, 0.4) is 0 Å². The van der Waals surface area contributed by atoms with E-state index in [0.29, 0.717) is 11.8 Å². The van der Waals surface area contributed by atoms with Crippen LogP contribution in [0.25, 0.3) is 0 Å². The van der Waals surface area contributed by atoms with Crippen molar-refractivity contribution in [3.05, 3.63) is 0 Å². The number of alkyl halides is 3. The number of nitrogens with zero attached hydrogens (tertiary/aromatic N) is 1. The Balaban J connectivity index is 2.48. The zero-order valence-electron chi connectivity index (χ0n) is 11.3. The number of nitrogens with two attached hydrogens (primary N) is 1. The second kappa shape index (κ2) is 6.75. The van der Waals surface area contributed by atoms with Crippen molar-refractivity contribution in [2.75, 3.05) is 26.2 Å². The minimum atomic E-state index is -4.17. The van der Waals surface area contributed by atoms with Gasteiger partial charge in [0.25, 0.3) is 0 Å². The molecule has 0 spiro atoms. The molecule has 1 aliphatic rings. The normalized spacial score (nSPS) is 25.2. The van der Waals surface area contributed by atoms with Gasteiger partial charge >= 0.3 is 6.18 Å². The summed E-state index contributed by atoms with van der Waals surface area (Å²) in [5.74, 6) is -0.108. The Morgan fingerprint density at radius 3 is 2.39 bits per heavy atom. The second-order valence-electron chi connectivity index (χ2n) is 5.71. The van der Waals surface area contributed by atoms with Crippen molar-refractivity contribution in [1.82, 2.24) is 4.90 Å². The molecule has 5 heteroatoms. The standard InChI is InChI=1S/C13H25F3N2/c1-10(2)11-4-3-6-18(7-5-11)9-12(8-17)13(14,15)16/h10-12H,3-9,17H2,1-2H3. The summed E-state index contributed by atoms with van der Waals surface area (Å²) in [7, 11) is 0. The van der Waals surface area contributed by atoms with Crippen molar-refractivity contribution in [2.45, 2.75) is 39.3 Å². The van der Waals surface area contributed by atoms with Crippen molar-refractivity contribution in [2.24, 2.45) is 23.5 Å². The molecule has 0 aromatic carbocycles. The van der Waals surface area contributed by atoms with E-state index in [-0.39, 0.29) is 13.1 Å². The first kappa shape index (κ1) is 15.8. The predicted molar refractivity (Wildman–Crippen MR) is 67.2 cm³/mol. The number of hydrogen-bond acceptors (Lipinski definition) is 2. The third-order valence-corrected chi connectivity index (χ3v) is 4.03. The van der Waals surface area contributed by atoms with Gasteiger partial charge in [-0.1, -0.05) is 13.8 Å². The first-order valence-corrected chi connectivity index (χ1v) is 6.83. The van der Waals surface area contributed by atoms with Crippen LogP contribution in [0.4, 0.5) is 13.2 Å². The average Bonchev–Trinajstić information content (AvgIpc) is 2.49. The lowest BCUT2D eigenvalue weighted by molar-refractivity contribution is -0.176. The summed E-state index contributed by atoms with van der Waals surface area (Å²) in [6.07, 6.45) is -1.03. The molecule has 0 bridgehead atoms. The highest BCUT2D eigenvalue weighted by Crippen LogP contribution is 2.29. The van der Waals surface area contributed by atoms with E-state index in [1.165, 1.54) is 0 Å². The van der Waals surface area contributed by atoms with Gasteiger partial charge in [0.05, 0.1) is 5.92 Å². The van der Waals surface area contributed by atoms with E-state index in [2.05, 4.69) is 13.8 Å². The van der Waals surface area contributed by atoms with Crippen LogP contribution < -0.4 is 5.73 Å². The zero-order valence-corrected chi connectivity index (χ0v) is 11.3. The van der Waals surface area contributed by atoms with Crippen molar-refractivity contribution < 1.29 is 13.2 Å². The van der Waals surface area contributed by atoms with Crippen molar-refractivity contribution >= 4 is 0 Å². The lowest BCUT2D eigenvalue weighted by Gasteiger charge is -2.27. The number of rotatable bonds is 4. The third-order valence-electron chi connectivity index (χ3n) is 4.03. The van der Waals surface area contributed by atoms with E-state index >= 15 is 0 Å². The van der Waals surface area contributed by atoms with E-state index in [1.54, 1.807) is 0 Å². The van der Waals surface area contributed by atoms with E-state index in [4.69, 9.17) is 5.73 Å². The molecular weight excluding hydrogens is 241 g/mol.